The van der Waals surface area contributed by atoms with Gasteiger partial charge in [0.05, 0.1) is 5.25 Å². The molecule has 0 saturated heterocycles. The zero-order valence-corrected chi connectivity index (χ0v) is 11.2. The fourth-order valence-electron chi connectivity index (χ4n) is 1.70. The predicted octanol–water partition coefficient (Wildman–Crippen LogP) is -0.382. The third kappa shape index (κ3) is 3.79. The number of rotatable bonds is 6. The molecular formula is C10H20N4O2S. The van der Waals surface area contributed by atoms with E-state index < -0.39 is 15.1 Å². The summed E-state index contributed by atoms with van der Waals surface area (Å²) in [7, 11) is -1.22. The van der Waals surface area contributed by atoms with Crippen LogP contribution >= 0.6 is 0 Å². The molecule has 1 heterocycles. The summed E-state index contributed by atoms with van der Waals surface area (Å²) >= 11 is 0. The molecule has 0 aromatic carbocycles. The third-order valence-electron chi connectivity index (χ3n) is 3.09. The fraction of sp³-hybridized carbons (Fsp3) is 0.700. The van der Waals surface area contributed by atoms with E-state index in [1.165, 1.54) is 6.26 Å². The van der Waals surface area contributed by atoms with Crippen molar-refractivity contribution in [3.05, 3.63) is 18.0 Å². The van der Waals surface area contributed by atoms with Crippen LogP contribution in [0.4, 0.5) is 0 Å². The van der Waals surface area contributed by atoms with Crippen molar-refractivity contribution in [3.8, 4) is 0 Å². The Morgan fingerprint density at radius 3 is 2.65 bits per heavy atom. The number of sulfone groups is 1. The first-order chi connectivity index (χ1) is 7.86. The van der Waals surface area contributed by atoms with E-state index in [9.17, 15) is 8.42 Å². The monoisotopic (exact) mass is 260 g/mol. The van der Waals surface area contributed by atoms with Crippen LogP contribution in [0.5, 0.6) is 0 Å². The topological polar surface area (TPSA) is 90.0 Å². The Morgan fingerprint density at radius 1 is 1.59 bits per heavy atom. The lowest BCUT2D eigenvalue weighted by Crippen LogP contribution is -2.46. The highest BCUT2D eigenvalue weighted by molar-refractivity contribution is 7.91. The minimum atomic E-state index is -3.08. The Morgan fingerprint density at radius 2 is 2.24 bits per heavy atom. The Bertz CT molecular complexity index is 455. The minimum absolute atomic E-state index is 0.250. The molecule has 0 radical (unpaired) electrons. The Kier molecular flexibility index (Phi) is 4.67. The van der Waals surface area contributed by atoms with Crippen LogP contribution in [0.2, 0.25) is 0 Å². The van der Waals surface area contributed by atoms with E-state index in [1.807, 2.05) is 13.1 Å². The average molecular weight is 260 g/mol. The van der Waals surface area contributed by atoms with Gasteiger partial charge in [0, 0.05) is 31.2 Å². The van der Waals surface area contributed by atoms with Gasteiger partial charge in [0.15, 0.2) is 9.84 Å². The first-order valence-corrected chi connectivity index (χ1v) is 7.43. The second kappa shape index (κ2) is 5.61. The van der Waals surface area contributed by atoms with Crippen molar-refractivity contribution in [2.24, 2.45) is 12.9 Å². The summed E-state index contributed by atoms with van der Waals surface area (Å²) in [5, 5.41) is 3.56. The van der Waals surface area contributed by atoms with Crippen LogP contribution < -0.4 is 11.3 Å². The van der Waals surface area contributed by atoms with Crippen molar-refractivity contribution in [2.75, 3.05) is 6.26 Å². The zero-order valence-electron chi connectivity index (χ0n) is 10.4. The highest BCUT2D eigenvalue weighted by Crippen LogP contribution is 2.11. The third-order valence-corrected chi connectivity index (χ3v) is 4.77. The largest absolute Gasteiger partial charge is 0.273 e. The smallest absolute Gasteiger partial charge is 0.151 e. The highest BCUT2D eigenvalue weighted by Gasteiger charge is 2.24. The van der Waals surface area contributed by atoms with Crippen LogP contribution in [-0.4, -0.2) is 35.7 Å². The molecule has 6 nitrogen and oxygen atoms in total. The molecule has 1 aromatic heterocycles. The molecule has 0 aliphatic heterocycles. The molecule has 0 aliphatic carbocycles. The number of aryl methyl sites for hydroxylation is 2. The van der Waals surface area contributed by atoms with E-state index >= 15 is 0 Å². The molecule has 0 bridgehead atoms. The maximum absolute atomic E-state index is 11.4. The summed E-state index contributed by atoms with van der Waals surface area (Å²) in [6, 6.07) is 1.67. The maximum Gasteiger partial charge on any atom is 0.151 e. The molecule has 0 amide bonds. The summed E-state index contributed by atoms with van der Waals surface area (Å²) in [6.45, 7) is 1.67. The van der Waals surface area contributed by atoms with Gasteiger partial charge in [0.1, 0.15) is 0 Å². The molecule has 1 rings (SSSR count). The Labute approximate surface area is 102 Å². The fourth-order valence-corrected chi connectivity index (χ4v) is 2.51. The van der Waals surface area contributed by atoms with Crippen molar-refractivity contribution in [2.45, 2.75) is 31.1 Å². The van der Waals surface area contributed by atoms with E-state index in [0.717, 1.165) is 12.1 Å². The van der Waals surface area contributed by atoms with Gasteiger partial charge in [-0.15, -0.1) is 0 Å². The Balaban J connectivity index is 2.63. The standard InChI is InChI=1S/C10H20N4O2S/c1-8(17(3,15)16)10(13-11)5-4-9-6-7-12-14(9)2/h6-8,10,13H,4-5,11H2,1-3H3. The summed E-state index contributed by atoms with van der Waals surface area (Å²) < 4.78 is 24.7. The first kappa shape index (κ1) is 14.1. The second-order valence-electron chi connectivity index (χ2n) is 4.29. The van der Waals surface area contributed by atoms with Crippen molar-refractivity contribution < 1.29 is 8.42 Å². The number of hydrogen-bond acceptors (Lipinski definition) is 5. The van der Waals surface area contributed by atoms with Crippen LogP contribution in [0.3, 0.4) is 0 Å². The normalized spacial score (nSPS) is 15.8. The van der Waals surface area contributed by atoms with Crippen LogP contribution in [0.25, 0.3) is 0 Å². The molecule has 17 heavy (non-hydrogen) atoms. The van der Waals surface area contributed by atoms with Gasteiger partial charge < -0.3 is 0 Å². The zero-order chi connectivity index (χ0) is 13.1. The van der Waals surface area contributed by atoms with E-state index in [2.05, 4.69) is 10.5 Å². The average Bonchev–Trinajstić information content (AvgIpc) is 2.63. The number of nitrogens with zero attached hydrogens (tertiary/aromatic N) is 2. The highest BCUT2D eigenvalue weighted by atomic mass is 32.2. The molecule has 2 unspecified atom stereocenters. The van der Waals surface area contributed by atoms with Gasteiger partial charge in [-0.2, -0.15) is 5.10 Å². The van der Waals surface area contributed by atoms with Crippen molar-refractivity contribution in [3.63, 3.8) is 0 Å². The van der Waals surface area contributed by atoms with E-state index in [4.69, 9.17) is 5.84 Å². The molecule has 0 saturated carbocycles. The molecule has 0 fully saturated rings. The van der Waals surface area contributed by atoms with Crippen molar-refractivity contribution in [1.29, 1.82) is 0 Å². The number of hydrogen-bond donors (Lipinski definition) is 2. The maximum atomic E-state index is 11.4. The summed E-state index contributed by atoms with van der Waals surface area (Å²) in [4.78, 5) is 0. The van der Waals surface area contributed by atoms with Crippen LogP contribution in [0.1, 0.15) is 19.0 Å². The minimum Gasteiger partial charge on any atom is -0.273 e. The van der Waals surface area contributed by atoms with Crippen LogP contribution in [-0.2, 0) is 23.3 Å². The molecule has 98 valence electrons. The molecule has 0 aliphatic rings. The van der Waals surface area contributed by atoms with Crippen LogP contribution in [0, 0.1) is 0 Å². The SMILES string of the molecule is CC(C(CCc1ccnn1C)NN)S(C)(=O)=O. The predicted molar refractivity (Wildman–Crippen MR) is 66.9 cm³/mol. The summed E-state index contributed by atoms with van der Waals surface area (Å²) in [6.07, 6.45) is 4.35. The van der Waals surface area contributed by atoms with E-state index in [1.54, 1.807) is 17.8 Å². The van der Waals surface area contributed by atoms with Crippen LogP contribution in [0.15, 0.2) is 12.3 Å². The van der Waals surface area contributed by atoms with Gasteiger partial charge in [-0.25, -0.2) is 8.42 Å². The van der Waals surface area contributed by atoms with Gasteiger partial charge in [-0.05, 0) is 25.8 Å². The molecule has 2 atom stereocenters. The molecule has 0 spiro atoms. The number of nitrogens with one attached hydrogen (secondary N) is 1. The molecule has 7 heteroatoms. The van der Waals surface area contributed by atoms with Gasteiger partial charge in [0.2, 0.25) is 0 Å². The van der Waals surface area contributed by atoms with Gasteiger partial charge in [-0.1, -0.05) is 0 Å². The lowest BCUT2D eigenvalue weighted by Gasteiger charge is -2.21. The number of hydrazine groups is 1. The van der Waals surface area contributed by atoms with E-state index in [-0.39, 0.29) is 6.04 Å². The van der Waals surface area contributed by atoms with Crippen molar-refractivity contribution in [1.82, 2.24) is 15.2 Å². The first-order valence-electron chi connectivity index (χ1n) is 5.48. The summed E-state index contributed by atoms with van der Waals surface area (Å²) in [5.74, 6) is 5.41. The van der Waals surface area contributed by atoms with E-state index in [0.29, 0.717) is 6.42 Å². The van der Waals surface area contributed by atoms with Gasteiger partial charge in [0.25, 0.3) is 0 Å². The quantitative estimate of drug-likeness (QED) is 0.537. The Hall–Kier alpha value is -0.920. The number of nitrogens with two attached hydrogens (primary N) is 1. The summed E-state index contributed by atoms with van der Waals surface area (Å²) in [5.41, 5.74) is 3.64. The van der Waals surface area contributed by atoms with Gasteiger partial charge >= 0.3 is 0 Å². The number of aromatic nitrogens is 2. The van der Waals surface area contributed by atoms with Gasteiger partial charge in [-0.3, -0.25) is 16.0 Å². The lowest BCUT2D eigenvalue weighted by molar-refractivity contribution is 0.464. The lowest BCUT2D eigenvalue weighted by atomic mass is 10.1. The molecule has 1 aromatic rings. The molecule has 3 N–H and O–H groups in total. The molecular weight excluding hydrogens is 240 g/mol. The van der Waals surface area contributed by atoms with Crippen molar-refractivity contribution >= 4 is 9.84 Å². The second-order valence-corrected chi connectivity index (χ2v) is 6.70.